The van der Waals surface area contributed by atoms with Gasteiger partial charge in [-0.1, -0.05) is 39.3 Å². The van der Waals surface area contributed by atoms with Gasteiger partial charge in [0.1, 0.15) is 0 Å². The molecule has 104 valence electrons. The summed E-state index contributed by atoms with van der Waals surface area (Å²) < 4.78 is 0. The molecule has 19 heavy (non-hydrogen) atoms. The molecule has 1 aliphatic carbocycles. The van der Waals surface area contributed by atoms with E-state index >= 15 is 0 Å². The first-order chi connectivity index (χ1) is 8.68. The molecule has 0 unspecified atom stereocenters. The zero-order chi connectivity index (χ0) is 14.4. The van der Waals surface area contributed by atoms with Gasteiger partial charge in [-0.05, 0) is 34.9 Å². The minimum Gasteiger partial charge on any atom is -0.478 e. The number of aromatic carboxylic acids is 1. The molecule has 0 spiro atoms. The third kappa shape index (κ3) is 2.32. The zero-order valence-corrected chi connectivity index (χ0v) is 12.5. The molecule has 0 heterocycles. The Balaban J connectivity index is 2.02. The van der Waals surface area contributed by atoms with E-state index in [1.54, 1.807) is 12.1 Å². The molecule has 0 atom stereocenters. The van der Waals surface area contributed by atoms with Crippen molar-refractivity contribution in [3.63, 3.8) is 0 Å². The highest BCUT2D eigenvalue weighted by Crippen LogP contribution is 2.68. The first-order valence-corrected chi connectivity index (χ1v) is 6.82. The van der Waals surface area contributed by atoms with E-state index in [4.69, 9.17) is 16.7 Å². The number of halogens is 1. The maximum atomic E-state index is 10.9. The second-order valence-corrected chi connectivity index (χ2v) is 6.78. The Morgan fingerprint density at radius 1 is 1.32 bits per heavy atom. The number of carbonyl (C=O) groups is 1. The van der Waals surface area contributed by atoms with Crippen LogP contribution in [0, 0.1) is 16.7 Å². The highest BCUT2D eigenvalue weighted by molar-refractivity contribution is 6.33. The van der Waals surface area contributed by atoms with Gasteiger partial charge < -0.3 is 10.4 Å². The van der Waals surface area contributed by atoms with Crippen LogP contribution in [0.15, 0.2) is 18.2 Å². The Hall–Kier alpha value is -1.22. The monoisotopic (exact) mass is 281 g/mol. The lowest BCUT2D eigenvalue weighted by Gasteiger charge is -2.09. The summed E-state index contributed by atoms with van der Waals surface area (Å²) in [6.45, 7) is 9.99. The molecule has 1 aromatic carbocycles. The summed E-state index contributed by atoms with van der Waals surface area (Å²) in [7, 11) is 0. The van der Waals surface area contributed by atoms with Crippen LogP contribution in [0.25, 0.3) is 0 Å². The topological polar surface area (TPSA) is 49.3 Å². The molecule has 2 N–H and O–H groups in total. The molecule has 1 aromatic rings. The van der Waals surface area contributed by atoms with E-state index in [0.29, 0.717) is 16.7 Å². The lowest BCUT2D eigenvalue weighted by molar-refractivity contribution is 0.0697. The summed E-state index contributed by atoms with van der Waals surface area (Å²) >= 11 is 5.95. The van der Waals surface area contributed by atoms with Crippen LogP contribution in [0.2, 0.25) is 5.02 Å². The third-order valence-corrected chi connectivity index (χ3v) is 5.34. The quantitative estimate of drug-likeness (QED) is 0.872. The van der Waals surface area contributed by atoms with Crippen LogP contribution in [-0.4, -0.2) is 17.6 Å². The Kier molecular flexibility index (Phi) is 3.29. The van der Waals surface area contributed by atoms with Gasteiger partial charge in [0.05, 0.1) is 10.6 Å². The fourth-order valence-electron chi connectivity index (χ4n) is 2.86. The van der Waals surface area contributed by atoms with Crippen LogP contribution >= 0.6 is 11.6 Å². The number of nitrogens with one attached hydrogen (secondary N) is 1. The molecule has 2 rings (SSSR count). The van der Waals surface area contributed by atoms with E-state index in [0.717, 1.165) is 12.2 Å². The molecule has 0 aliphatic heterocycles. The Bertz CT molecular complexity index is 509. The van der Waals surface area contributed by atoms with Crippen molar-refractivity contribution in [1.29, 1.82) is 0 Å². The van der Waals surface area contributed by atoms with E-state index in [2.05, 4.69) is 33.0 Å². The molecule has 0 bridgehead atoms. The average Bonchev–Trinajstić information content (AvgIpc) is 2.66. The van der Waals surface area contributed by atoms with Crippen LogP contribution in [-0.2, 0) is 0 Å². The van der Waals surface area contributed by atoms with Crippen molar-refractivity contribution in [2.24, 2.45) is 16.7 Å². The third-order valence-electron chi connectivity index (χ3n) is 5.03. The number of benzene rings is 1. The highest BCUT2D eigenvalue weighted by Gasteiger charge is 2.63. The van der Waals surface area contributed by atoms with Gasteiger partial charge in [-0.3, -0.25) is 0 Å². The Labute approximate surface area is 119 Å². The molecular formula is C15H20ClNO2. The molecule has 1 fully saturated rings. The lowest BCUT2D eigenvalue weighted by Crippen LogP contribution is -2.08. The van der Waals surface area contributed by atoms with E-state index < -0.39 is 5.97 Å². The van der Waals surface area contributed by atoms with Crippen LogP contribution < -0.4 is 5.32 Å². The van der Waals surface area contributed by atoms with Gasteiger partial charge in [0.25, 0.3) is 0 Å². The Morgan fingerprint density at radius 3 is 2.32 bits per heavy atom. The molecule has 4 heteroatoms. The largest absolute Gasteiger partial charge is 0.478 e. The number of carboxylic acid groups (broad SMARTS) is 1. The van der Waals surface area contributed by atoms with E-state index in [1.807, 2.05) is 0 Å². The Morgan fingerprint density at radius 2 is 1.89 bits per heavy atom. The lowest BCUT2D eigenvalue weighted by atomic mass is 10.0. The summed E-state index contributed by atoms with van der Waals surface area (Å²) in [6, 6.07) is 4.97. The molecular weight excluding hydrogens is 262 g/mol. The summed E-state index contributed by atoms with van der Waals surface area (Å²) in [5, 5.41) is 12.5. The summed E-state index contributed by atoms with van der Waals surface area (Å²) in [6.07, 6.45) is 0. The van der Waals surface area contributed by atoms with Gasteiger partial charge in [-0.25, -0.2) is 4.79 Å². The number of hydrogen-bond acceptors (Lipinski definition) is 2. The van der Waals surface area contributed by atoms with Gasteiger partial charge in [-0.2, -0.15) is 0 Å². The second kappa shape index (κ2) is 4.41. The standard InChI is InChI=1S/C15H20ClNO2/c1-14(2)12(15(14,3)4)8-17-9-5-6-10(13(18)19)11(16)7-9/h5-7,12,17H,8H2,1-4H3,(H,18,19). The highest BCUT2D eigenvalue weighted by atomic mass is 35.5. The fourth-order valence-corrected chi connectivity index (χ4v) is 3.12. The molecule has 3 nitrogen and oxygen atoms in total. The molecule has 0 radical (unpaired) electrons. The van der Waals surface area contributed by atoms with Gasteiger partial charge >= 0.3 is 5.97 Å². The minimum atomic E-state index is -0.999. The van der Waals surface area contributed by atoms with Gasteiger partial charge in [-0.15, -0.1) is 0 Å². The minimum absolute atomic E-state index is 0.138. The van der Waals surface area contributed by atoms with Crippen LogP contribution in [0.3, 0.4) is 0 Å². The normalized spacial score (nSPS) is 20.1. The molecule has 1 aliphatic rings. The number of hydrogen-bond donors (Lipinski definition) is 2. The van der Waals surface area contributed by atoms with Gasteiger partial charge in [0.15, 0.2) is 0 Å². The van der Waals surface area contributed by atoms with E-state index in [-0.39, 0.29) is 10.6 Å². The predicted octanol–water partition coefficient (Wildman–Crippen LogP) is 4.13. The number of rotatable bonds is 4. The number of carboxylic acids is 1. The average molecular weight is 282 g/mol. The maximum absolute atomic E-state index is 10.9. The van der Waals surface area contributed by atoms with Crippen molar-refractivity contribution >= 4 is 23.3 Å². The second-order valence-electron chi connectivity index (χ2n) is 6.38. The van der Waals surface area contributed by atoms with Crippen LogP contribution in [0.4, 0.5) is 5.69 Å². The van der Waals surface area contributed by atoms with E-state index in [1.165, 1.54) is 6.07 Å². The van der Waals surface area contributed by atoms with Crippen LogP contribution in [0.5, 0.6) is 0 Å². The van der Waals surface area contributed by atoms with E-state index in [9.17, 15) is 4.79 Å². The van der Waals surface area contributed by atoms with Crippen molar-refractivity contribution in [1.82, 2.24) is 0 Å². The smallest absolute Gasteiger partial charge is 0.337 e. The van der Waals surface area contributed by atoms with Crippen molar-refractivity contribution in [2.75, 3.05) is 11.9 Å². The van der Waals surface area contributed by atoms with Gasteiger partial charge in [0, 0.05) is 12.2 Å². The van der Waals surface area contributed by atoms with Crippen molar-refractivity contribution in [2.45, 2.75) is 27.7 Å². The SMILES string of the molecule is CC1(C)C(CNc2ccc(C(=O)O)c(Cl)c2)C1(C)C. The molecule has 0 amide bonds. The zero-order valence-electron chi connectivity index (χ0n) is 11.7. The first-order valence-electron chi connectivity index (χ1n) is 6.44. The van der Waals surface area contributed by atoms with Crippen molar-refractivity contribution in [3.8, 4) is 0 Å². The van der Waals surface area contributed by atoms with Crippen molar-refractivity contribution < 1.29 is 9.90 Å². The summed E-state index contributed by atoms with van der Waals surface area (Å²) in [5.74, 6) is -0.390. The van der Waals surface area contributed by atoms with Crippen molar-refractivity contribution in [3.05, 3.63) is 28.8 Å². The number of anilines is 1. The first kappa shape index (κ1) is 14.2. The summed E-state index contributed by atoms with van der Waals surface area (Å²) in [5.41, 5.74) is 1.68. The molecule has 0 aromatic heterocycles. The fraction of sp³-hybridized carbons (Fsp3) is 0.533. The summed E-state index contributed by atoms with van der Waals surface area (Å²) in [4.78, 5) is 10.9. The molecule has 1 saturated carbocycles. The van der Waals surface area contributed by atoms with Crippen LogP contribution in [0.1, 0.15) is 38.1 Å². The predicted molar refractivity (Wildman–Crippen MR) is 78.0 cm³/mol. The maximum Gasteiger partial charge on any atom is 0.337 e. The molecule has 0 saturated heterocycles. The van der Waals surface area contributed by atoms with Gasteiger partial charge in [0.2, 0.25) is 0 Å².